The first kappa shape index (κ1) is 16.9. The molecule has 5 aromatic rings. The highest BCUT2D eigenvalue weighted by Crippen LogP contribution is 2.24. The van der Waals surface area contributed by atoms with Crippen molar-refractivity contribution < 1.29 is 9.59 Å². The van der Waals surface area contributed by atoms with Crippen LogP contribution in [0.3, 0.4) is 0 Å². The van der Waals surface area contributed by atoms with Gasteiger partial charge in [-0.15, -0.1) is 0 Å². The minimum atomic E-state index is -0.256. The van der Waals surface area contributed by atoms with Crippen molar-refractivity contribution >= 4 is 56.0 Å². The summed E-state index contributed by atoms with van der Waals surface area (Å²) >= 11 is 2.01. The van der Waals surface area contributed by atoms with Crippen LogP contribution >= 0.6 is 22.6 Å². The fraction of sp³-hybridized carbons (Fsp3) is 0. The Bertz CT molecular complexity index is 1380. The lowest BCUT2D eigenvalue weighted by Gasteiger charge is -1.97. The van der Waals surface area contributed by atoms with E-state index < -0.39 is 0 Å². The first-order chi connectivity index (χ1) is 13.6. The topological polar surface area (TPSA) is 94.4 Å². The number of para-hydroxylation sites is 2. The lowest BCUT2D eigenvalue weighted by molar-refractivity contribution is 0.103. The Labute approximate surface area is 172 Å². The van der Waals surface area contributed by atoms with Gasteiger partial charge in [0.25, 0.3) is 0 Å². The Morgan fingerprint density at radius 3 is 1.93 bits per heavy atom. The Morgan fingerprint density at radius 1 is 0.786 bits per heavy atom. The van der Waals surface area contributed by atoms with Gasteiger partial charge < -0.3 is 15.0 Å². The number of hydrogen-bond acceptors (Lipinski definition) is 3. The van der Waals surface area contributed by atoms with E-state index in [-0.39, 0.29) is 23.1 Å². The van der Waals surface area contributed by atoms with Gasteiger partial charge in [-0.05, 0) is 34.7 Å². The first-order valence-electron chi connectivity index (χ1n) is 8.60. The molecule has 0 saturated carbocycles. The monoisotopic (exact) mass is 480 g/mol. The average molecular weight is 480 g/mol. The predicted molar refractivity (Wildman–Crippen MR) is 115 cm³/mol. The van der Waals surface area contributed by atoms with E-state index >= 15 is 0 Å². The van der Waals surface area contributed by atoms with Crippen molar-refractivity contribution in [3.63, 3.8) is 0 Å². The summed E-state index contributed by atoms with van der Waals surface area (Å²) < 4.78 is 0.538. The van der Waals surface area contributed by atoms with Crippen molar-refractivity contribution in [1.29, 1.82) is 0 Å². The first-order valence-corrected chi connectivity index (χ1v) is 9.68. The van der Waals surface area contributed by atoms with Gasteiger partial charge in [0.15, 0.2) is 5.82 Å². The van der Waals surface area contributed by atoms with Crippen LogP contribution in [0.2, 0.25) is 0 Å². The van der Waals surface area contributed by atoms with Gasteiger partial charge in [-0.25, -0.2) is 4.98 Å². The van der Waals surface area contributed by atoms with E-state index in [9.17, 15) is 9.59 Å². The zero-order chi connectivity index (χ0) is 19.3. The summed E-state index contributed by atoms with van der Waals surface area (Å²) in [5.41, 5.74) is 3.06. The average Bonchev–Trinajstić information content (AvgIpc) is 3.43. The molecule has 0 aliphatic rings. The second-order valence-corrected chi connectivity index (χ2v) is 7.48. The molecule has 28 heavy (non-hydrogen) atoms. The minimum absolute atomic E-state index is 0.150. The number of nitrogens with one attached hydrogen (secondary N) is 3. The zero-order valence-corrected chi connectivity index (χ0v) is 16.6. The Kier molecular flexibility index (Phi) is 3.90. The summed E-state index contributed by atoms with van der Waals surface area (Å²) in [4.78, 5) is 39.5. The molecule has 3 N–H and O–H groups in total. The Morgan fingerprint density at radius 2 is 1.32 bits per heavy atom. The fourth-order valence-electron chi connectivity index (χ4n) is 3.38. The quantitative estimate of drug-likeness (QED) is 0.262. The van der Waals surface area contributed by atoms with Gasteiger partial charge in [-0.3, -0.25) is 9.59 Å². The van der Waals surface area contributed by atoms with E-state index in [1.54, 1.807) is 12.4 Å². The maximum atomic E-state index is 13.1. The summed E-state index contributed by atoms with van der Waals surface area (Å²) in [5, 5.41) is 1.65. The number of fused-ring (bicyclic) bond motifs is 2. The molecule has 2 aromatic carbocycles. The number of nitrogens with zero attached hydrogens (tertiary/aromatic N) is 1. The SMILES string of the molecule is O=C(c1nc(C(=O)c2c[nH]c3ccccc23)c(I)[nH]1)c1c[nH]c2ccccc12. The second kappa shape index (κ2) is 6.45. The van der Waals surface area contributed by atoms with Crippen LogP contribution in [0.1, 0.15) is 32.2 Å². The maximum Gasteiger partial charge on any atom is 0.230 e. The van der Waals surface area contributed by atoms with Crippen LogP contribution in [0.5, 0.6) is 0 Å². The highest BCUT2D eigenvalue weighted by molar-refractivity contribution is 14.1. The largest absolute Gasteiger partial charge is 0.360 e. The Hall–Kier alpha value is -3.20. The summed E-state index contributed by atoms with van der Waals surface area (Å²) in [5.74, 6) is -0.332. The number of imidazole rings is 1. The molecule has 3 aromatic heterocycles. The highest BCUT2D eigenvalue weighted by atomic mass is 127. The van der Waals surface area contributed by atoms with Gasteiger partial charge >= 0.3 is 0 Å². The predicted octanol–water partition coefficient (Wildman–Crippen LogP) is 4.44. The number of halogens is 1. The van der Waals surface area contributed by atoms with Crippen LogP contribution in [0.4, 0.5) is 0 Å². The van der Waals surface area contributed by atoms with E-state index in [1.807, 2.05) is 71.1 Å². The molecular formula is C21H13IN4O2. The van der Waals surface area contributed by atoms with Gasteiger partial charge in [-0.2, -0.15) is 0 Å². The van der Waals surface area contributed by atoms with Gasteiger partial charge in [0.2, 0.25) is 11.6 Å². The molecule has 0 amide bonds. The van der Waals surface area contributed by atoms with Gasteiger partial charge in [0.05, 0.1) is 5.56 Å². The van der Waals surface area contributed by atoms with Crippen molar-refractivity contribution in [2.45, 2.75) is 0 Å². The second-order valence-electron chi connectivity index (χ2n) is 6.40. The number of H-pyrrole nitrogens is 3. The van der Waals surface area contributed by atoms with Crippen LogP contribution in [0.25, 0.3) is 21.8 Å². The van der Waals surface area contributed by atoms with Crippen LogP contribution in [0, 0.1) is 3.70 Å². The molecule has 0 aliphatic carbocycles. The van der Waals surface area contributed by atoms with Crippen LogP contribution in [-0.2, 0) is 0 Å². The number of carbonyl (C=O) groups excluding carboxylic acids is 2. The van der Waals surface area contributed by atoms with Gasteiger partial charge in [0, 0.05) is 39.8 Å². The molecule has 0 bridgehead atoms. The van der Waals surface area contributed by atoms with Crippen LogP contribution in [-0.4, -0.2) is 31.5 Å². The summed E-state index contributed by atoms with van der Waals surface area (Å²) in [6.07, 6.45) is 3.35. The van der Waals surface area contributed by atoms with Crippen molar-refractivity contribution in [2.24, 2.45) is 0 Å². The number of aromatic nitrogens is 4. The standard InChI is InChI=1S/C21H13IN4O2/c22-20-17(18(27)13-9-23-15-7-3-1-5-11(13)15)25-21(26-20)19(28)14-10-24-16-8-4-2-6-12(14)16/h1-10,23-24H,(H,25,26). The van der Waals surface area contributed by atoms with Crippen molar-refractivity contribution in [3.05, 3.63) is 87.3 Å². The molecule has 3 heterocycles. The third-order valence-corrected chi connectivity index (χ3v) is 5.54. The highest BCUT2D eigenvalue weighted by Gasteiger charge is 2.24. The van der Waals surface area contributed by atoms with Gasteiger partial charge in [-0.1, -0.05) is 36.4 Å². The molecule has 7 heteroatoms. The van der Waals surface area contributed by atoms with Crippen molar-refractivity contribution in [1.82, 2.24) is 19.9 Å². The lowest BCUT2D eigenvalue weighted by atomic mass is 10.1. The minimum Gasteiger partial charge on any atom is -0.360 e. The molecular weight excluding hydrogens is 467 g/mol. The number of carbonyl (C=O) groups is 2. The molecule has 5 rings (SSSR count). The van der Waals surface area contributed by atoms with E-state index in [0.29, 0.717) is 14.8 Å². The van der Waals surface area contributed by atoms with Gasteiger partial charge in [0.1, 0.15) is 9.39 Å². The van der Waals surface area contributed by atoms with Crippen molar-refractivity contribution in [2.75, 3.05) is 0 Å². The molecule has 0 fully saturated rings. The number of rotatable bonds is 4. The molecule has 0 atom stereocenters. The van der Waals surface area contributed by atoms with Crippen LogP contribution < -0.4 is 0 Å². The summed E-state index contributed by atoms with van der Waals surface area (Å²) in [6, 6.07) is 15.2. The number of hydrogen-bond donors (Lipinski definition) is 3. The Balaban J connectivity index is 1.55. The molecule has 0 spiro atoms. The lowest BCUT2D eigenvalue weighted by Crippen LogP contribution is -2.05. The number of ketones is 2. The molecule has 136 valence electrons. The fourth-order valence-corrected chi connectivity index (χ4v) is 4.00. The third kappa shape index (κ3) is 2.58. The zero-order valence-electron chi connectivity index (χ0n) is 14.4. The molecule has 0 saturated heterocycles. The third-order valence-electron chi connectivity index (χ3n) is 4.76. The number of benzene rings is 2. The number of aromatic amines is 3. The van der Waals surface area contributed by atoms with E-state index in [4.69, 9.17) is 0 Å². The molecule has 0 radical (unpaired) electrons. The molecule has 6 nitrogen and oxygen atoms in total. The van der Waals surface area contributed by atoms with Crippen LogP contribution in [0.15, 0.2) is 60.9 Å². The van der Waals surface area contributed by atoms with Crippen molar-refractivity contribution in [3.8, 4) is 0 Å². The van der Waals surface area contributed by atoms with E-state index in [2.05, 4.69) is 19.9 Å². The van der Waals surface area contributed by atoms with E-state index in [1.165, 1.54) is 0 Å². The molecule has 0 unspecified atom stereocenters. The molecule has 0 aliphatic heterocycles. The van der Waals surface area contributed by atoms with E-state index in [0.717, 1.165) is 21.8 Å². The summed E-state index contributed by atoms with van der Waals surface area (Å²) in [6.45, 7) is 0. The smallest absolute Gasteiger partial charge is 0.230 e. The summed E-state index contributed by atoms with van der Waals surface area (Å²) in [7, 11) is 0. The normalized spacial score (nSPS) is 11.3. The maximum absolute atomic E-state index is 13.1.